The quantitative estimate of drug-likeness (QED) is 0.142. The van der Waals surface area contributed by atoms with E-state index in [0.29, 0.717) is 49.1 Å². The highest BCUT2D eigenvalue weighted by molar-refractivity contribution is 7.89. The van der Waals surface area contributed by atoms with Crippen LogP contribution in [0.2, 0.25) is 0 Å². The van der Waals surface area contributed by atoms with E-state index in [4.69, 9.17) is 5.14 Å². The van der Waals surface area contributed by atoms with Crippen molar-refractivity contribution in [1.29, 1.82) is 0 Å². The lowest BCUT2D eigenvalue weighted by Crippen LogP contribution is -2.29. The zero-order valence-corrected chi connectivity index (χ0v) is 26.4. The highest BCUT2D eigenvalue weighted by Gasteiger charge is 2.26. The normalized spacial score (nSPS) is 16.5. The van der Waals surface area contributed by atoms with Crippen LogP contribution in [0.15, 0.2) is 77.7 Å². The molecule has 1 aliphatic carbocycles. The number of benzene rings is 3. The standard InChI is InChI=1S/C33H40N8O3S/c1-22-7-6-10-27(23(22)2)21-37-33-40-31(35-19-24-8-4-3-5-9-24)39-32(41-33)36-20-25-11-13-26(14-12-25)30(42)38-28-15-17-29(18-16-28)45(34,43)44/h3-10,15-18,25-26H,11-14,19-21H2,1-2H3,(H,38,42)(H2,34,43,44)(H3,35,36,37,39,40,41). The summed E-state index contributed by atoms with van der Waals surface area (Å²) in [5.74, 6) is 1.67. The number of hydrogen-bond acceptors (Lipinski definition) is 9. The van der Waals surface area contributed by atoms with E-state index in [9.17, 15) is 13.2 Å². The van der Waals surface area contributed by atoms with Crippen molar-refractivity contribution in [2.75, 3.05) is 27.8 Å². The maximum Gasteiger partial charge on any atom is 0.238 e. The van der Waals surface area contributed by atoms with Crippen LogP contribution in [0.3, 0.4) is 0 Å². The molecule has 0 unspecified atom stereocenters. The average molecular weight is 629 g/mol. The summed E-state index contributed by atoms with van der Waals surface area (Å²) in [6.07, 6.45) is 3.29. The molecule has 0 aliphatic heterocycles. The highest BCUT2D eigenvalue weighted by Crippen LogP contribution is 2.30. The number of hydrogen-bond donors (Lipinski definition) is 5. The summed E-state index contributed by atoms with van der Waals surface area (Å²) >= 11 is 0. The molecule has 236 valence electrons. The molecule has 0 radical (unpaired) electrons. The molecule has 1 aromatic heterocycles. The topological polar surface area (TPSA) is 164 Å². The van der Waals surface area contributed by atoms with Gasteiger partial charge in [-0.3, -0.25) is 4.79 Å². The molecule has 1 heterocycles. The number of anilines is 4. The van der Waals surface area contributed by atoms with Crippen molar-refractivity contribution < 1.29 is 13.2 Å². The lowest BCUT2D eigenvalue weighted by molar-refractivity contribution is -0.121. The number of aryl methyl sites for hydroxylation is 1. The van der Waals surface area contributed by atoms with Gasteiger partial charge >= 0.3 is 0 Å². The Morgan fingerprint density at radius 3 is 2.04 bits per heavy atom. The van der Waals surface area contributed by atoms with Crippen LogP contribution in [0.25, 0.3) is 0 Å². The maximum absolute atomic E-state index is 12.9. The van der Waals surface area contributed by atoms with E-state index < -0.39 is 10.0 Å². The number of primary sulfonamides is 1. The second kappa shape index (κ2) is 14.5. The highest BCUT2D eigenvalue weighted by atomic mass is 32.2. The van der Waals surface area contributed by atoms with Gasteiger partial charge in [0.25, 0.3) is 0 Å². The van der Waals surface area contributed by atoms with Gasteiger partial charge in [-0.15, -0.1) is 0 Å². The molecule has 1 saturated carbocycles. The number of sulfonamides is 1. The molecular formula is C33H40N8O3S. The summed E-state index contributed by atoms with van der Waals surface area (Å²) in [6, 6.07) is 22.2. The van der Waals surface area contributed by atoms with Gasteiger partial charge in [-0.25, -0.2) is 13.6 Å². The molecule has 0 saturated heterocycles. The van der Waals surface area contributed by atoms with Crippen LogP contribution < -0.4 is 26.4 Å². The van der Waals surface area contributed by atoms with Gasteiger partial charge in [0.05, 0.1) is 4.90 Å². The van der Waals surface area contributed by atoms with Crippen LogP contribution in [0, 0.1) is 25.7 Å². The molecule has 45 heavy (non-hydrogen) atoms. The second-order valence-corrected chi connectivity index (χ2v) is 13.1. The van der Waals surface area contributed by atoms with E-state index in [2.05, 4.69) is 68.3 Å². The minimum absolute atomic E-state index is 0.00931. The molecule has 0 spiro atoms. The van der Waals surface area contributed by atoms with Crippen molar-refractivity contribution in [3.8, 4) is 0 Å². The van der Waals surface area contributed by atoms with Crippen LogP contribution in [0.4, 0.5) is 23.5 Å². The summed E-state index contributed by atoms with van der Waals surface area (Å²) in [5, 5.41) is 18.2. The van der Waals surface area contributed by atoms with Gasteiger partial charge in [-0.1, -0.05) is 48.5 Å². The first-order valence-corrected chi connectivity index (χ1v) is 16.7. The third-order valence-corrected chi connectivity index (χ3v) is 9.23. The first-order valence-electron chi connectivity index (χ1n) is 15.1. The molecule has 4 aromatic rings. The Hall–Kier alpha value is -4.55. The minimum Gasteiger partial charge on any atom is -0.354 e. The monoisotopic (exact) mass is 628 g/mol. The van der Waals surface area contributed by atoms with Crippen molar-refractivity contribution in [3.05, 3.63) is 95.1 Å². The van der Waals surface area contributed by atoms with E-state index in [1.165, 1.54) is 28.8 Å². The van der Waals surface area contributed by atoms with Crippen LogP contribution in [0.1, 0.15) is 47.9 Å². The Bertz CT molecular complexity index is 1710. The van der Waals surface area contributed by atoms with Gasteiger partial charge in [-0.05, 0) is 92.0 Å². The number of amides is 1. The third-order valence-electron chi connectivity index (χ3n) is 8.30. The molecule has 6 N–H and O–H groups in total. The zero-order chi connectivity index (χ0) is 31.8. The number of aromatic nitrogens is 3. The number of nitrogens with one attached hydrogen (secondary N) is 4. The molecule has 1 fully saturated rings. The van der Waals surface area contributed by atoms with E-state index in [1.807, 2.05) is 30.3 Å². The summed E-state index contributed by atoms with van der Waals surface area (Å²) in [5.41, 5.74) is 5.33. The second-order valence-electron chi connectivity index (χ2n) is 11.5. The molecule has 11 nitrogen and oxygen atoms in total. The van der Waals surface area contributed by atoms with Crippen molar-refractivity contribution >= 4 is 39.5 Å². The van der Waals surface area contributed by atoms with Crippen LogP contribution in [0.5, 0.6) is 0 Å². The Kier molecular flexibility index (Phi) is 10.3. The summed E-state index contributed by atoms with van der Waals surface area (Å²) in [7, 11) is -3.78. The van der Waals surface area contributed by atoms with Crippen molar-refractivity contribution in [1.82, 2.24) is 15.0 Å². The Balaban J connectivity index is 1.17. The van der Waals surface area contributed by atoms with Gasteiger partial charge in [0, 0.05) is 31.2 Å². The smallest absolute Gasteiger partial charge is 0.238 e. The fraction of sp³-hybridized carbons (Fsp3) is 0.333. The summed E-state index contributed by atoms with van der Waals surface area (Å²) < 4.78 is 23.0. The lowest BCUT2D eigenvalue weighted by Gasteiger charge is -2.28. The number of nitrogens with zero attached hydrogens (tertiary/aromatic N) is 3. The van der Waals surface area contributed by atoms with Crippen LogP contribution in [-0.2, 0) is 27.9 Å². The van der Waals surface area contributed by atoms with Gasteiger partial charge in [0.15, 0.2) is 0 Å². The lowest BCUT2D eigenvalue weighted by atomic mass is 9.81. The number of rotatable bonds is 12. The summed E-state index contributed by atoms with van der Waals surface area (Å²) in [6.45, 7) is 6.08. The van der Waals surface area contributed by atoms with Gasteiger partial charge in [-0.2, -0.15) is 15.0 Å². The summed E-state index contributed by atoms with van der Waals surface area (Å²) in [4.78, 5) is 26.8. The van der Waals surface area contributed by atoms with E-state index in [1.54, 1.807) is 12.1 Å². The molecule has 12 heteroatoms. The van der Waals surface area contributed by atoms with E-state index in [-0.39, 0.29) is 16.7 Å². The van der Waals surface area contributed by atoms with Gasteiger partial charge < -0.3 is 21.3 Å². The predicted molar refractivity (Wildman–Crippen MR) is 177 cm³/mol. The fourth-order valence-corrected chi connectivity index (χ4v) is 5.92. The molecule has 0 atom stereocenters. The molecule has 0 bridgehead atoms. The van der Waals surface area contributed by atoms with E-state index >= 15 is 0 Å². The van der Waals surface area contributed by atoms with Crippen molar-refractivity contribution in [2.45, 2.75) is 57.5 Å². The molecule has 5 rings (SSSR count). The Morgan fingerprint density at radius 2 is 1.40 bits per heavy atom. The third kappa shape index (κ3) is 8.99. The fourth-order valence-electron chi connectivity index (χ4n) is 5.40. The molecule has 1 aliphatic rings. The maximum atomic E-state index is 12.9. The number of carbonyl (C=O) groups excluding carboxylic acids is 1. The largest absolute Gasteiger partial charge is 0.354 e. The number of carbonyl (C=O) groups is 1. The Labute approximate surface area is 264 Å². The SMILES string of the molecule is Cc1cccc(CNc2nc(NCc3ccccc3)nc(NCC3CCC(C(=O)Nc4ccc(S(N)(=O)=O)cc4)CC3)n2)c1C. The first-order chi connectivity index (χ1) is 21.6. The minimum atomic E-state index is -3.78. The average Bonchev–Trinajstić information content (AvgIpc) is 3.04. The Morgan fingerprint density at radius 1 is 0.778 bits per heavy atom. The van der Waals surface area contributed by atoms with Crippen molar-refractivity contribution in [2.24, 2.45) is 17.0 Å². The van der Waals surface area contributed by atoms with Crippen LogP contribution in [-0.4, -0.2) is 35.8 Å². The molecular weight excluding hydrogens is 588 g/mol. The van der Waals surface area contributed by atoms with Gasteiger partial charge in [0.2, 0.25) is 33.8 Å². The molecule has 3 aromatic carbocycles. The van der Waals surface area contributed by atoms with E-state index in [0.717, 1.165) is 31.2 Å². The van der Waals surface area contributed by atoms with Gasteiger partial charge in [0.1, 0.15) is 0 Å². The predicted octanol–water partition coefficient (Wildman–Crippen LogP) is 5.22. The van der Waals surface area contributed by atoms with Crippen LogP contribution >= 0.6 is 0 Å². The zero-order valence-electron chi connectivity index (χ0n) is 25.6. The van der Waals surface area contributed by atoms with Crippen molar-refractivity contribution in [3.63, 3.8) is 0 Å². The first kappa shape index (κ1) is 31.9. The molecule has 1 amide bonds. The number of nitrogens with two attached hydrogens (primary N) is 1.